The van der Waals surface area contributed by atoms with Crippen LogP contribution in [0.4, 0.5) is 0 Å². The van der Waals surface area contributed by atoms with Crippen molar-refractivity contribution >= 4 is 11.9 Å². The molecule has 0 aliphatic rings. The lowest BCUT2D eigenvalue weighted by molar-refractivity contribution is -0.143. The molecule has 3 N–H and O–H groups in total. The van der Waals surface area contributed by atoms with Crippen LogP contribution in [0.5, 0.6) is 0 Å². The predicted octanol–water partition coefficient (Wildman–Crippen LogP) is 20.2. The first-order valence-electron chi connectivity index (χ1n) is 32.1. The van der Waals surface area contributed by atoms with Crippen molar-refractivity contribution in [3.05, 3.63) is 24.3 Å². The Morgan fingerprint density at radius 3 is 1.11 bits per heavy atom. The average Bonchev–Trinajstić information content (AvgIpc) is 3.37. The van der Waals surface area contributed by atoms with E-state index in [-0.39, 0.29) is 18.5 Å². The molecule has 0 aromatic heterocycles. The van der Waals surface area contributed by atoms with Gasteiger partial charge in [0.25, 0.3) is 0 Å². The topological polar surface area (TPSA) is 95.9 Å². The fourth-order valence-corrected chi connectivity index (χ4v) is 10.1. The Hall–Kier alpha value is -1.66. The molecule has 0 aromatic carbocycles. The molecule has 0 fully saturated rings. The summed E-state index contributed by atoms with van der Waals surface area (Å²) in [4.78, 5) is 24.6. The summed E-state index contributed by atoms with van der Waals surface area (Å²) in [6.45, 7) is 4.93. The number of rotatable bonds is 60. The summed E-state index contributed by atoms with van der Waals surface area (Å²) in [5, 5.41) is 23.4. The van der Waals surface area contributed by atoms with E-state index in [1.165, 1.54) is 270 Å². The molecule has 0 aliphatic carbocycles. The van der Waals surface area contributed by atoms with Crippen LogP contribution < -0.4 is 5.32 Å². The summed E-state index contributed by atoms with van der Waals surface area (Å²) >= 11 is 0. The van der Waals surface area contributed by atoms with Crippen LogP contribution in [0.3, 0.4) is 0 Å². The van der Waals surface area contributed by atoms with Crippen molar-refractivity contribution in [2.75, 3.05) is 13.2 Å². The van der Waals surface area contributed by atoms with E-state index >= 15 is 0 Å². The molecule has 0 bridgehead atoms. The predicted molar refractivity (Wildman–Crippen MR) is 310 cm³/mol. The quantitative estimate of drug-likeness (QED) is 0.0320. The van der Waals surface area contributed by atoms with Crippen molar-refractivity contribution in [2.45, 2.75) is 366 Å². The number of hydrogen-bond acceptors (Lipinski definition) is 5. The molecule has 0 aliphatic heterocycles. The third kappa shape index (κ3) is 57.5. The second-order valence-corrected chi connectivity index (χ2v) is 22.1. The second-order valence-electron chi connectivity index (χ2n) is 22.1. The number of ether oxygens (including phenoxy) is 1. The minimum atomic E-state index is -0.665. The highest BCUT2D eigenvalue weighted by Gasteiger charge is 2.20. The van der Waals surface area contributed by atoms with E-state index in [1.54, 1.807) is 0 Å². The number of nitrogens with one attached hydrogen (secondary N) is 1. The van der Waals surface area contributed by atoms with Gasteiger partial charge in [-0.25, -0.2) is 0 Å². The van der Waals surface area contributed by atoms with Crippen molar-refractivity contribution in [1.82, 2.24) is 5.32 Å². The molecule has 2 unspecified atom stereocenters. The van der Waals surface area contributed by atoms with Gasteiger partial charge in [0, 0.05) is 12.8 Å². The zero-order valence-corrected chi connectivity index (χ0v) is 48.0. The largest absolute Gasteiger partial charge is 0.466 e. The summed E-state index contributed by atoms with van der Waals surface area (Å²) in [6.07, 6.45) is 74.8. The van der Waals surface area contributed by atoms with Gasteiger partial charge in [-0.1, -0.05) is 314 Å². The number of carbonyl (C=O) groups excluding carboxylic acids is 2. The Kier molecular flexibility index (Phi) is 59.5. The highest BCUT2D eigenvalue weighted by atomic mass is 16.5. The first kappa shape index (κ1) is 69.3. The van der Waals surface area contributed by atoms with Crippen LogP contribution >= 0.6 is 0 Å². The maximum absolute atomic E-state index is 12.5. The Bertz CT molecular complexity index is 1110. The van der Waals surface area contributed by atoms with E-state index in [4.69, 9.17) is 4.74 Å². The van der Waals surface area contributed by atoms with Gasteiger partial charge in [0.2, 0.25) is 5.91 Å². The smallest absolute Gasteiger partial charge is 0.305 e. The van der Waals surface area contributed by atoms with Crippen molar-refractivity contribution in [2.24, 2.45) is 0 Å². The fourth-order valence-electron chi connectivity index (χ4n) is 10.1. The molecule has 0 saturated heterocycles. The number of aliphatic hydroxyl groups is 2. The molecule has 6 nitrogen and oxygen atoms in total. The average molecular weight is 1000 g/mol. The van der Waals surface area contributed by atoms with Gasteiger partial charge in [-0.05, 0) is 51.4 Å². The number of hydrogen-bond donors (Lipinski definition) is 3. The summed E-state index contributed by atoms with van der Waals surface area (Å²) in [7, 11) is 0. The monoisotopic (exact) mass is 1000 g/mol. The summed E-state index contributed by atoms with van der Waals surface area (Å²) in [6, 6.07) is -0.542. The lowest BCUT2D eigenvalue weighted by Gasteiger charge is -2.22. The SMILES string of the molecule is CCCC/C=C\C/C=C\CCCCCCCC(=O)OCCCCCCCCCCCCCCCCCCCCCCCCC(=O)NC(CO)C(O)CCCCCCCCCCCCCCCCCCCC. The summed E-state index contributed by atoms with van der Waals surface area (Å²) in [5.74, 6) is -0.0330. The highest BCUT2D eigenvalue weighted by molar-refractivity contribution is 5.76. The zero-order valence-electron chi connectivity index (χ0n) is 48.0. The lowest BCUT2D eigenvalue weighted by atomic mass is 10.0. The van der Waals surface area contributed by atoms with Gasteiger partial charge in [0.05, 0.1) is 25.4 Å². The molecular formula is C65H125NO5. The molecule has 0 rings (SSSR count). The molecule has 1 amide bonds. The first-order valence-corrected chi connectivity index (χ1v) is 32.1. The van der Waals surface area contributed by atoms with Crippen LogP contribution in [0.2, 0.25) is 0 Å². The van der Waals surface area contributed by atoms with Crippen LogP contribution in [0.25, 0.3) is 0 Å². The van der Waals surface area contributed by atoms with Gasteiger partial charge in [0.1, 0.15) is 0 Å². The molecule has 6 heteroatoms. The fraction of sp³-hybridized carbons (Fsp3) is 0.908. The van der Waals surface area contributed by atoms with E-state index in [0.717, 1.165) is 51.4 Å². The van der Waals surface area contributed by atoms with E-state index in [0.29, 0.717) is 25.9 Å². The molecule has 2 atom stereocenters. The maximum Gasteiger partial charge on any atom is 0.305 e. The number of amides is 1. The van der Waals surface area contributed by atoms with Crippen molar-refractivity contribution in [1.29, 1.82) is 0 Å². The molecule has 420 valence electrons. The van der Waals surface area contributed by atoms with Gasteiger partial charge in [-0.15, -0.1) is 0 Å². The second kappa shape index (κ2) is 60.9. The normalized spacial score (nSPS) is 12.7. The van der Waals surface area contributed by atoms with Crippen molar-refractivity contribution < 1.29 is 24.5 Å². The summed E-state index contributed by atoms with van der Waals surface area (Å²) in [5.41, 5.74) is 0. The number of unbranched alkanes of at least 4 members (excludes halogenated alkanes) is 45. The van der Waals surface area contributed by atoms with Gasteiger partial charge in [-0.2, -0.15) is 0 Å². The molecule has 0 heterocycles. The standard InChI is InChI=1S/C65H125NO5/c1-3-5-7-9-11-13-15-17-19-20-27-30-33-37-41-45-49-53-57-63(68)62(61-67)66-64(69)58-54-50-46-42-38-34-31-28-25-23-21-22-24-26-29-32-36-40-44-48-52-56-60-71-65(70)59-55-51-47-43-39-35-18-16-14-12-10-8-6-4-2/h10,12,16,18,62-63,67-68H,3-9,11,13-15,17,19-61H2,1-2H3,(H,66,69)/b12-10-,18-16-. The third-order valence-corrected chi connectivity index (χ3v) is 15.0. The van der Waals surface area contributed by atoms with Gasteiger partial charge >= 0.3 is 5.97 Å². The Labute approximate surface area is 443 Å². The lowest BCUT2D eigenvalue weighted by Crippen LogP contribution is -2.45. The van der Waals surface area contributed by atoms with Crippen molar-refractivity contribution in [3.8, 4) is 0 Å². The highest BCUT2D eigenvalue weighted by Crippen LogP contribution is 2.18. The summed E-state index contributed by atoms with van der Waals surface area (Å²) < 4.78 is 5.48. The van der Waals surface area contributed by atoms with Crippen LogP contribution in [0.15, 0.2) is 24.3 Å². The van der Waals surface area contributed by atoms with Gasteiger partial charge in [0.15, 0.2) is 0 Å². The van der Waals surface area contributed by atoms with Gasteiger partial charge in [-0.3, -0.25) is 9.59 Å². The number of carbonyl (C=O) groups is 2. The molecule has 0 spiro atoms. The van der Waals surface area contributed by atoms with E-state index in [1.807, 2.05) is 0 Å². The third-order valence-electron chi connectivity index (χ3n) is 15.0. The minimum Gasteiger partial charge on any atom is -0.466 e. The van der Waals surface area contributed by atoms with E-state index in [9.17, 15) is 19.8 Å². The van der Waals surface area contributed by atoms with Crippen LogP contribution in [-0.2, 0) is 14.3 Å². The Morgan fingerprint density at radius 1 is 0.394 bits per heavy atom. The maximum atomic E-state index is 12.5. The molecule has 0 saturated carbocycles. The number of esters is 1. The molecular weight excluding hydrogens is 875 g/mol. The number of allylic oxidation sites excluding steroid dienone is 4. The molecule has 0 radical (unpaired) electrons. The molecule has 71 heavy (non-hydrogen) atoms. The minimum absolute atomic E-state index is 0.000801. The van der Waals surface area contributed by atoms with Gasteiger partial charge < -0.3 is 20.3 Å². The van der Waals surface area contributed by atoms with Crippen LogP contribution in [0.1, 0.15) is 354 Å². The van der Waals surface area contributed by atoms with Crippen molar-refractivity contribution in [3.63, 3.8) is 0 Å². The van der Waals surface area contributed by atoms with E-state index in [2.05, 4.69) is 43.5 Å². The molecule has 0 aromatic rings. The Balaban J connectivity index is 3.38. The zero-order chi connectivity index (χ0) is 51.4. The number of aliphatic hydroxyl groups excluding tert-OH is 2. The first-order chi connectivity index (χ1) is 35.0. The van der Waals surface area contributed by atoms with Crippen LogP contribution in [-0.4, -0.2) is 47.4 Å². The van der Waals surface area contributed by atoms with Crippen LogP contribution in [0, 0.1) is 0 Å². The Morgan fingerprint density at radius 2 is 0.718 bits per heavy atom. The van der Waals surface area contributed by atoms with E-state index < -0.39 is 12.1 Å².